The summed E-state index contributed by atoms with van der Waals surface area (Å²) in [7, 11) is 0. The molecule has 3 rings (SSSR count). The topological polar surface area (TPSA) is 67.4 Å². The zero-order chi connectivity index (χ0) is 23.6. The summed E-state index contributed by atoms with van der Waals surface area (Å²) in [6, 6.07) is 9.47. The van der Waals surface area contributed by atoms with Crippen LogP contribution < -0.4 is 15.4 Å². The molecule has 3 amide bonds. The first kappa shape index (κ1) is 23.2. The van der Waals surface area contributed by atoms with Gasteiger partial charge >= 0.3 is 6.03 Å². The van der Waals surface area contributed by atoms with E-state index in [2.05, 4.69) is 5.32 Å². The van der Waals surface area contributed by atoms with Gasteiger partial charge in [0.2, 0.25) is 0 Å². The molecule has 32 heavy (non-hydrogen) atoms. The molecule has 0 radical (unpaired) electrons. The molecule has 3 aromatic carbocycles. The molecule has 5 nitrogen and oxygen atoms in total. The third kappa shape index (κ3) is 4.89. The fourth-order valence-corrected chi connectivity index (χ4v) is 3.36. The molecule has 0 aliphatic carbocycles. The van der Waals surface area contributed by atoms with Gasteiger partial charge in [0.05, 0.1) is 5.02 Å². The predicted octanol–water partition coefficient (Wildman–Crippen LogP) is 6.61. The second-order valence-electron chi connectivity index (χ2n) is 7.39. The van der Waals surface area contributed by atoms with Crippen molar-refractivity contribution in [2.75, 3.05) is 5.32 Å². The summed E-state index contributed by atoms with van der Waals surface area (Å²) >= 11 is 6.51. The van der Waals surface area contributed by atoms with E-state index in [1.165, 1.54) is 0 Å². The largest absolute Gasteiger partial charge is 0.455 e. The van der Waals surface area contributed by atoms with Crippen molar-refractivity contribution in [3.63, 3.8) is 0 Å². The third-order valence-electron chi connectivity index (χ3n) is 4.87. The number of imide groups is 1. The first-order valence-electron chi connectivity index (χ1n) is 9.69. The van der Waals surface area contributed by atoms with E-state index in [0.29, 0.717) is 28.3 Å². The average Bonchev–Trinajstić information content (AvgIpc) is 2.71. The summed E-state index contributed by atoms with van der Waals surface area (Å²) in [5, 5.41) is 4.69. The number of hydrogen-bond donors (Lipinski definition) is 2. The number of amides is 3. The Morgan fingerprint density at radius 3 is 2.25 bits per heavy atom. The maximum Gasteiger partial charge on any atom is 0.326 e. The van der Waals surface area contributed by atoms with Crippen LogP contribution in [0.1, 0.15) is 32.6 Å². The number of hydrogen-bond acceptors (Lipinski definition) is 3. The summed E-state index contributed by atoms with van der Waals surface area (Å²) in [6.07, 6.45) is 0. The standard InChI is InChI=1S/C24H21ClF2N2O3/c1-12-8-9-13(2)19(10-12)32-22-14(3)11-18(15(4)21(22)25)28-24(31)29-23(30)20-16(26)6-5-7-17(20)27/h5-11H,1-4H3,(H2,28,29,30,31). The number of carbonyl (C=O) groups is 2. The molecule has 0 spiro atoms. The number of carbonyl (C=O) groups excluding carboxylic acids is 2. The van der Waals surface area contributed by atoms with E-state index in [-0.39, 0.29) is 5.02 Å². The van der Waals surface area contributed by atoms with Crippen molar-refractivity contribution in [1.29, 1.82) is 0 Å². The van der Waals surface area contributed by atoms with Gasteiger partial charge in [-0.05, 0) is 74.2 Å². The molecule has 0 fully saturated rings. The second kappa shape index (κ2) is 9.36. The number of anilines is 1. The lowest BCUT2D eigenvalue weighted by molar-refractivity contribution is 0.0959. The number of benzene rings is 3. The SMILES string of the molecule is Cc1ccc(C)c(Oc2c(C)cc(NC(=O)NC(=O)c3c(F)cccc3F)c(C)c2Cl)c1. The lowest BCUT2D eigenvalue weighted by Crippen LogP contribution is -2.35. The van der Waals surface area contributed by atoms with E-state index < -0.39 is 29.1 Å². The van der Waals surface area contributed by atoms with Crippen LogP contribution in [0.25, 0.3) is 0 Å². The van der Waals surface area contributed by atoms with Crippen LogP contribution >= 0.6 is 11.6 Å². The molecule has 0 aliphatic rings. The molecule has 0 bridgehead atoms. The van der Waals surface area contributed by atoms with Crippen molar-refractivity contribution in [2.45, 2.75) is 27.7 Å². The quantitative estimate of drug-likeness (QED) is 0.462. The molecule has 2 N–H and O–H groups in total. The number of nitrogens with one attached hydrogen (secondary N) is 2. The second-order valence-corrected chi connectivity index (χ2v) is 7.76. The van der Waals surface area contributed by atoms with Gasteiger partial charge in [0.15, 0.2) is 0 Å². The van der Waals surface area contributed by atoms with Crippen molar-refractivity contribution < 1.29 is 23.1 Å². The summed E-state index contributed by atoms with van der Waals surface area (Å²) in [5.41, 5.74) is 2.58. The fourth-order valence-electron chi connectivity index (χ4n) is 3.07. The van der Waals surface area contributed by atoms with E-state index in [9.17, 15) is 18.4 Å². The normalized spacial score (nSPS) is 10.6. The van der Waals surface area contributed by atoms with E-state index in [1.54, 1.807) is 19.9 Å². The van der Waals surface area contributed by atoms with Crippen LogP contribution in [0.4, 0.5) is 19.3 Å². The van der Waals surface area contributed by atoms with Gasteiger partial charge in [-0.2, -0.15) is 0 Å². The van der Waals surface area contributed by atoms with Crippen molar-refractivity contribution >= 4 is 29.2 Å². The lowest BCUT2D eigenvalue weighted by atomic mass is 10.1. The highest BCUT2D eigenvalue weighted by Gasteiger charge is 2.21. The van der Waals surface area contributed by atoms with Crippen LogP contribution in [0.5, 0.6) is 11.5 Å². The fraction of sp³-hybridized carbons (Fsp3) is 0.167. The van der Waals surface area contributed by atoms with E-state index in [0.717, 1.165) is 29.3 Å². The average molecular weight is 459 g/mol. The van der Waals surface area contributed by atoms with Crippen LogP contribution in [-0.2, 0) is 0 Å². The lowest BCUT2D eigenvalue weighted by Gasteiger charge is -2.18. The number of urea groups is 1. The van der Waals surface area contributed by atoms with Gasteiger partial charge in [-0.15, -0.1) is 0 Å². The molecule has 0 saturated heterocycles. The highest BCUT2D eigenvalue weighted by atomic mass is 35.5. The molecule has 0 saturated carbocycles. The zero-order valence-electron chi connectivity index (χ0n) is 17.9. The summed E-state index contributed by atoms with van der Waals surface area (Å²) in [5.74, 6) is -2.25. The molecule has 0 aliphatic heterocycles. The van der Waals surface area contributed by atoms with Gasteiger partial charge in [0.1, 0.15) is 28.7 Å². The van der Waals surface area contributed by atoms with Gasteiger partial charge in [0, 0.05) is 5.69 Å². The minimum atomic E-state index is -1.20. The summed E-state index contributed by atoms with van der Waals surface area (Å²) in [4.78, 5) is 24.4. The van der Waals surface area contributed by atoms with Gasteiger partial charge in [-0.1, -0.05) is 29.8 Å². The number of rotatable bonds is 4. The van der Waals surface area contributed by atoms with Crippen LogP contribution in [0, 0.1) is 39.3 Å². The minimum absolute atomic E-state index is 0.285. The monoisotopic (exact) mass is 458 g/mol. The molecule has 0 heterocycles. The van der Waals surface area contributed by atoms with Crippen LogP contribution in [0.3, 0.4) is 0 Å². The Labute approximate surface area is 189 Å². The predicted molar refractivity (Wildman–Crippen MR) is 120 cm³/mol. The minimum Gasteiger partial charge on any atom is -0.455 e. The van der Waals surface area contributed by atoms with Crippen LogP contribution in [0.15, 0.2) is 42.5 Å². The Balaban J connectivity index is 1.81. The Morgan fingerprint density at radius 1 is 0.938 bits per heavy atom. The zero-order valence-corrected chi connectivity index (χ0v) is 18.7. The molecular weight excluding hydrogens is 438 g/mol. The van der Waals surface area contributed by atoms with E-state index in [4.69, 9.17) is 16.3 Å². The molecule has 0 atom stereocenters. The van der Waals surface area contributed by atoms with Gasteiger partial charge in [-0.3, -0.25) is 10.1 Å². The molecule has 3 aromatic rings. The highest BCUT2D eigenvalue weighted by molar-refractivity contribution is 6.33. The molecule has 0 unspecified atom stereocenters. The van der Waals surface area contributed by atoms with Crippen LogP contribution in [-0.4, -0.2) is 11.9 Å². The Kier molecular flexibility index (Phi) is 6.79. The van der Waals surface area contributed by atoms with Crippen LogP contribution in [0.2, 0.25) is 5.02 Å². The first-order valence-corrected chi connectivity index (χ1v) is 10.1. The first-order chi connectivity index (χ1) is 15.1. The van der Waals surface area contributed by atoms with Gasteiger partial charge in [-0.25, -0.2) is 13.6 Å². The maximum atomic E-state index is 13.8. The van der Waals surface area contributed by atoms with Crippen molar-refractivity contribution in [3.05, 3.63) is 86.9 Å². The van der Waals surface area contributed by atoms with Gasteiger partial charge < -0.3 is 10.1 Å². The smallest absolute Gasteiger partial charge is 0.326 e. The van der Waals surface area contributed by atoms with E-state index >= 15 is 0 Å². The Hall–Kier alpha value is -3.45. The highest BCUT2D eigenvalue weighted by Crippen LogP contribution is 2.39. The summed E-state index contributed by atoms with van der Waals surface area (Å²) in [6.45, 7) is 7.30. The third-order valence-corrected chi connectivity index (χ3v) is 5.33. The van der Waals surface area contributed by atoms with Crippen molar-refractivity contribution in [1.82, 2.24) is 5.32 Å². The Bertz CT molecular complexity index is 1210. The molecule has 166 valence electrons. The molecule has 8 heteroatoms. The van der Waals surface area contributed by atoms with E-state index in [1.807, 2.05) is 37.4 Å². The summed E-state index contributed by atoms with van der Waals surface area (Å²) < 4.78 is 33.6. The van der Waals surface area contributed by atoms with Crippen molar-refractivity contribution in [3.8, 4) is 11.5 Å². The van der Waals surface area contributed by atoms with Crippen molar-refractivity contribution in [2.24, 2.45) is 0 Å². The number of ether oxygens (including phenoxy) is 1. The molecule has 0 aromatic heterocycles. The number of aryl methyl sites for hydroxylation is 3. The van der Waals surface area contributed by atoms with Gasteiger partial charge in [0.25, 0.3) is 5.91 Å². The number of halogens is 3. The molecular formula is C24H21ClF2N2O3. The maximum absolute atomic E-state index is 13.8. The Morgan fingerprint density at radius 2 is 1.59 bits per heavy atom.